The molecule has 0 spiro atoms. The molecule has 0 aromatic heterocycles. The molecule has 0 unspecified atom stereocenters. The Morgan fingerprint density at radius 1 is 0.567 bits per heavy atom. The summed E-state index contributed by atoms with van der Waals surface area (Å²) in [6.45, 7) is 0.269. The summed E-state index contributed by atoms with van der Waals surface area (Å²) in [4.78, 5) is 24.0. The van der Waals surface area contributed by atoms with Gasteiger partial charge in [-0.1, -0.05) is 84.9 Å². The van der Waals surface area contributed by atoms with Gasteiger partial charge in [0.15, 0.2) is 0 Å². The molecule has 0 N–H and O–H groups in total. The molecule has 0 heterocycles. The number of hydrogen-bond acceptors (Lipinski definition) is 4. The van der Waals surface area contributed by atoms with Crippen LogP contribution in [0.5, 0.6) is 0 Å². The summed E-state index contributed by atoms with van der Waals surface area (Å²) in [5.41, 5.74) is 1.82. The third kappa shape index (κ3) is 4.55. The van der Waals surface area contributed by atoms with Gasteiger partial charge in [-0.2, -0.15) is 0 Å². The zero-order valence-electron chi connectivity index (χ0n) is 16.3. The molecule has 4 nitrogen and oxygen atoms in total. The van der Waals surface area contributed by atoms with Crippen molar-refractivity contribution in [1.82, 2.24) is 0 Å². The third-order valence-corrected chi connectivity index (χ3v) is 4.86. The maximum absolute atomic E-state index is 12.0. The van der Waals surface area contributed by atoms with E-state index in [1.165, 1.54) is 0 Å². The molecule has 4 aromatic rings. The highest BCUT2D eigenvalue weighted by atomic mass is 16.5. The molecule has 30 heavy (non-hydrogen) atoms. The van der Waals surface area contributed by atoms with Crippen LogP contribution in [0.2, 0.25) is 0 Å². The molecule has 0 aliphatic carbocycles. The summed E-state index contributed by atoms with van der Waals surface area (Å²) in [7, 11) is 0. The number of hydrogen-bond donors (Lipinski definition) is 0. The van der Waals surface area contributed by atoms with Crippen LogP contribution in [0.4, 0.5) is 0 Å². The second kappa shape index (κ2) is 9.05. The van der Waals surface area contributed by atoms with Crippen LogP contribution < -0.4 is 0 Å². The zero-order chi connectivity index (χ0) is 20.8. The minimum atomic E-state index is -0.593. The molecule has 0 aliphatic rings. The van der Waals surface area contributed by atoms with Crippen LogP contribution >= 0.6 is 0 Å². The Hall–Kier alpha value is -3.92. The van der Waals surface area contributed by atoms with Gasteiger partial charge in [-0.25, -0.2) is 9.59 Å². The smallest absolute Gasteiger partial charge is 0.331 e. The molecule has 0 fully saturated rings. The van der Waals surface area contributed by atoms with Gasteiger partial charge in [0, 0.05) is 12.2 Å². The molecular weight excluding hydrogens is 376 g/mol. The van der Waals surface area contributed by atoms with E-state index in [0.717, 1.165) is 44.8 Å². The van der Waals surface area contributed by atoms with E-state index >= 15 is 0 Å². The highest BCUT2D eigenvalue weighted by Gasteiger charge is 2.06. The molecule has 0 bridgehead atoms. The van der Waals surface area contributed by atoms with Gasteiger partial charge in [-0.3, -0.25) is 0 Å². The Kier molecular flexibility index (Phi) is 5.85. The number of ether oxygens (including phenoxy) is 2. The monoisotopic (exact) mass is 396 g/mol. The highest BCUT2D eigenvalue weighted by molar-refractivity contribution is 5.92. The Labute approximate surface area is 174 Å². The van der Waals surface area contributed by atoms with Crippen molar-refractivity contribution in [3.05, 3.63) is 108 Å². The molecule has 0 saturated carbocycles. The Bertz CT molecular complexity index is 1130. The molecule has 0 radical (unpaired) electrons. The number of benzene rings is 4. The first-order valence-corrected chi connectivity index (χ1v) is 9.65. The molecule has 0 atom stereocenters. The van der Waals surface area contributed by atoms with Crippen LogP contribution in [0.15, 0.2) is 97.1 Å². The molecule has 0 aliphatic heterocycles. The Morgan fingerprint density at radius 3 is 1.43 bits per heavy atom. The predicted octanol–water partition coefficient (Wildman–Crippen LogP) is 5.34. The van der Waals surface area contributed by atoms with Gasteiger partial charge in [0.1, 0.15) is 13.2 Å². The normalized spacial score (nSPS) is 11.1. The average molecular weight is 396 g/mol. The fraction of sp³-hybridized carbons (Fsp3) is 0.0769. The van der Waals surface area contributed by atoms with E-state index in [0.29, 0.717) is 0 Å². The van der Waals surface area contributed by atoms with E-state index in [9.17, 15) is 9.59 Å². The van der Waals surface area contributed by atoms with Crippen molar-refractivity contribution in [2.75, 3.05) is 0 Å². The third-order valence-electron chi connectivity index (χ3n) is 4.86. The molecule has 4 aromatic carbocycles. The van der Waals surface area contributed by atoms with Crippen LogP contribution in [-0.2, 0) is 32.3 Å². The lowest BCUT2D eigenvalue weighted by atomic mass is 10.1. The fourth-order valence-electron chi connectivity index (χ4n) is 3.37. The number of carbonyl (C=O) groups is 2. The SMILES string of the molecule is O=C(C=CC(=O)OCc1cccc2ccccc12)OCc1cccc2ccccc12. The Morgan fingerprint density at radius 2 is 0.967 bits per heavy atom. The molecule has 4 heteroatoms. The van der Waals surface area contributed by atoms with Gasteiger partial charge in [0.25, 0.3) is 0 Å². The standard InChI is InChI=1S/C26H20O4/c27-25(29-17-21-11-5-9-19-7-1-3-13-23(19)21)15-16-26(28)30-18-22-12-6-10-20-8-2-4-14-24(20)22/h1-16H,17-18H2. The lowest BCUT2D eigenvalue weighted by Gasteiger charge is -2.07. The average Bonchev–Trinajstić information content (AvgIpc) is 2.80. The highest BCUT2D eigenvalue weighted by Crippen LogP contribution is 2.20. The zero-order valence-corrected chi connectivity index (χ0v) is 16.3. The van der Waals surface area contributed by atoms with E-state index in [2.05, 4.69) is 0 Å². The first-order chi connectivity index (χ1) is 14.7. The van der Waals surface area contributed by atoms with E-state index in [1.807, 2.05) is 84.9 Å². The summed E-state index contributed by atoms with van der Waals surface area (Å²) in [5.74, 6) is -1.19. The maximum Gasteiger partial charge on any atom is 0.331 e. The first kappa shape index (κ1) is 19.4. The fourth-order valence-corrected chi connectivity index (χ4v) is 3.37. The summed E-state index contributed by atoms with van der Waals surface area (Å²) in [5, 5.41) is 4.23. The molecule has 0 saturated heterocycles. The van der Waals surface area contributed by atoms with Crippen molar-refractivity contribution in [2.24, 2.45) is 0 Å². The van der Waals surface area contributed by atoms with Gasteiger partial charge < -0.3 is 9.47 Å². The molecular formula is C26H20O4. The molecule has 4 rings (SSSR count). The van der Waals surface area contributed by atoms with Crippen LogP contribution in [0, 0.1) is 0 Å². The lowest BCUT2D eigenvalue weighted by molar-refractivity contribution is -0.141. The topological polar surface area (TPSA) is 52.6 Å². The number of carbonyl (C=O) groups excluding carboxylic acids is 2. The Balaban J connectivity index is 1.32. The summed E-state index contributed by atoms with van der Waals surface area (Å²) < 4.78 is 10.5. The van der Waals surface area contributed by atoms with Crippen LogP contribution in [0.3, 0.4) is 0 Å². The van der Waals surface area contributed by atoms with E-state index in [1.54, 1.807) is 0 Å². The predicted molar refractivity (Wildman–Crippen MR) is 117 cm³/mol. The van der Waals surface area contributed by atoms with Crippen molar-refractivity contribution in [3.8, 4) is 0 Å². The minimum absolute atomic E-state index is 0.135. The summed E-state index contributed by atoms with van der Waals surface area (Å²) in [6, 6.07) is 27.5. The van der Waals surface area contributed by atoms with Gasteiger partial charge in [-0.15, -0.1) is 0 Å². The van der Waals surface area contributed by atoms with Gasteiger partial charge in [0.2, 0.25) is 0 Å². The van der Waals surface area contributed by atoms with Gasteiger partial charge in [0.05, 0.1) is 0 Å². The quantitative estimate of drug-likeness (QED) is 0.326. The van der Waals surface area contributed by atoms with Crippen LogP contribution in [0.1, 0.15) is 11.1 Å². The second-order valence-corrected chi connectivity index (χ2v) is 6.83. The minimum Gasteiger partial charge on any atom is -0.458 e. The second-order valence-electron chi connectivity index (χ2n) is 6.83. The summed E-state index contributed by atoms with van der Waals surface area (Å²) in [6.07, 6.45) is 2.19. The van der Waals surface area contributed by atoms with Gasteiger partial charge >= 0.3 is 11.9 Å². The van der Waals surface area contributed by atoms with Crippen molar-refractivity contribution < 1.29 is 19.1 Å². The van der Waals surface area contributed by atoms with E-state index in [-0.39, 0.29) is 13.2 Å². The van der Waals surface area contributed by atoms with Crippen LogP contribution in [0.25, 0.3) is 21.5 Å². The molecule has 148 valence electrons. The number of esters is 2. The number of fused-ring (bicyclic) bond motifs is 2. The first-order valence-electron chi connectivity index (χ1n) is 9.65. The van der Waals surface area contributed by atoms with Crippen LogP contribution in [-0.4, -0.2) is 11.9 Å². The van der Waals surface area contributed by atoms with Crippen molar-refractivity contribution >= 4 is 33.5 Å². The lowest BCUT2D eigenvalue weighted by Crippen LogP contribution is -2.05. The van der Waals surface area contributed by atoms with E-state index < -0.39 is 11.9 Å². The van der Waals surface area contributed by atoms with Crippen molar-refractivity contribution in [2.45, 2.75) is 13.2 Å². The van der Waals surface area contributed by atoms with Crippen molar-refractivity contribution in [3.63, 3.8) is 0 Å². The largest absolute Gasteiger partial charge is 0.458 e. The van der Waals surface area contributed by atoms with Crippen molar-refractivity contribution in [1.29, 1.82) is 0 Å². The number of rotatable bonds is 6. The maximum atomic E-state index is 12.0. The van der Waals surface area contributed by atoms with E-state index in [4.69, 9.17) is 9.47 Å². The summed E-state index contributed by atoms with van der Waals surface area (Å²) >= 11 is 0. The van der Waals surface area contributed by atoms with Gasteiger partial charge in [-0.05, 0) is 32.7 Å². The molecule has 0 amide bonds.